The van der Waals surface area contributed by atoms with E-state index < -0.39 is 10.2 Å². The lowest BCUT2D eigenvalue weighted by atomic mass is 9.99. The fourth-order valence-corrected chi connectivity index (χ4v) is 4.15. The molecule has 2 heterocycles. The van der Waals surface area contributed by atoms with Gasteiger partial charge in [0.15, 0.2) is 10.6 Å². The molecule has 0 spiro atoms. The summed E-state index contributed by atoms with van der Waals surface area (Å²) >= 11 is 0. The maximum Gasteiger partial charge on any atom is 0.255 e. The molecule has 0 fully saturated rings. The summed E-state index contributed by atoms with van der Waals surface area (Å²) in [6.45, 7) is 1.56. The van der Waals surface area contributed by atoms with Crippen molar-refractivity contribution in [3.8, 4) is 16.9 Å². The number of anilines is 1. The summed E-state index contributed by atoms with van der Waals surface area (Å²) in [6, 6.07) is 10.4. The van der Waals surface area contributed by atoms with Crippen molar-refractivity contribution >= 4 is 21.8 Å². The minimum atomic E-state index is -3.28. The van der Waals surface area contributed by atoms with Gasteiger partial charge in [-0.3, -0.25) is 9.48 Å². The van der Waals surface area contributed by atoms with E-state index in [1.807, 2.05) is 31.3 Å². The number of amides is 1. The third-order valence-corrected chi connectivity index (χ3v) is 6.35. The van der Waals surface area contributed by atoms with Crippen LogP contribution in [0, 0.1) is 0 Å². The van der Waals surface area contributed by atoms with E-state index in [1.54, 1.807) is 41.2 Å². The molecule has 9 heteroatoms. The average Bonchev–Trinajstić information content (AvgIpc) is 3.16. The number of aryl methyl sites for hydroxylation is 1. The van der Waals surface area contributed by atoms with Gasteiger partial charge in [0.05, 0.1) is 34.2 Å². The van der Waals surface area contributed by atoms with E-state index in [9.17, 15) is 13.6 Å². The predicted molar refractivity (Wildman–Crippen MR) is 118 cm³/mol. The molecule has 1 atom stereocenters. The van der Waals surface area contributed by atoms with Crippen molar-refractivity contribution in [1.82, 2.24) is 15.1 Å². The van der Waals surface area contributed by atoms with Crippen LogP contribution < -0.4 is 15.0 Å². The molecule has 0 aliphatic carbocycles. The highest BCUT2D eigenvalue weighted by atomic mass is 32.3. The first-order valence-corrected chi connectivity index (χ1v) is 11.7. The summed E-state index contributed by atoms with van der Waals surface area (Å²) in [5, 5.41) is 7.05. The second kappa shape index (κ2) is 8.16. The predicted octanol–water partition coefficient (Wildman–Crippen LogP) is 2.46. The van der Waals surface area contributed by atoms with Gasteiger partial charge >= 0.3 is 0 Å². The first-order valence-electron chi connectivity index (χ1n) is 9.80. The Morgan fingerprint density at radius 3 is 2.61 bits per heavy atom. The Morgan fingerprint density at radius 2 is 1.97 bits per heavy atom. The number of nitrogens with one attached hydrogen (secondary N) is 1. The molecule has 1 aromatic heterocycles. The Morgan fingerprint density at radius 1 is 1.23 bits per heavy atom. The van der Waals surface area contributed by atoms with Crippen LogP contribution in [-0.4, -0.2) is 46.7 Å². The van der Waals surface area contributed by atoms with E-state index >= 15 is 0 Å². The van der Waals surface area contributed by atoms with Gasteiger partial charge in [-0.1, -0.05) is 0 Å². The third kappa shape index (κ3) is 4.47. The number of nitrogens with zero attached hydrogens (tertiary/aromatic N) is 3. The molecule has 4 rings (SSSR count). The zero-order valence-electron chi connectivity index (χ0n) is 17.6. The van der Waals surface area contributed by atoms with E-state index in [-0.39, 0.29) is 10.8 Å². The van der Waals surface area contributed by atoms with Crippen molar-refractivity contribution in [1.29, 1.82) is 0 Å². The van der Waals surface area contributed by atoms with Crippen molar-refractivity contribution in [2.45, 2.75) is 11.4 Å². The smallest absolute Gasteiger partial charge is 0.255 e. The molecular formula is C22H24N4O4S. The van der Waals surface area contributed by atoms with Crippen LogP contribution in [0.25, 0.3) is 11.1 Å². The second-order valence-electron chi connectivity index (χ2n) is 7.64. The lowest BCUT2D eigenvalue weighted by molar-refractivity contribution is 0.0946. The zero-order chi connectivity index (χ0) is 22.2. The largest absolute Gasteiger partial charge is 0.610 e. The molecule has 0 saturated heterocycles. The van der Waals surface area contributed by atoms with Crippen LogP contribution in [0.3, 0.4) is 0 Å². The average molecular weight is 441 g/mol. The lowest BCUT2D eigenvalue weighted by Gasteiger charge is -2.29. The van der Waals surface area contributed by atoms with Crippen LogP contribution in [-0.2, 0) is 28.0 Å². The van der Waals surface area contributed by atoms with Crippen LogP contribution in [0.5, 0.6) is 5.75 Å². The van der Waals surface area contributed by atoms with E-state index in [2.05, 4.69) is 10.4 Å². The number of benzene rings is 2. The van der Waals surface area contributed by atoms with Crippen LogP contribution in [0.2, 0.25) is 0 Å². The minimum absolute atomic E-state index is 0.245. The molecule has 8 nitrogen and oxygen atoms in total. The van der Waals surface area contributed by atoms with E-state index in [4.69, 9.17) is 4.74 Å². The molecule has 2 aromatic carbocycles. The summed E-state index contributed by atoms with van der Waals surface area (Å²) in [7, 11) is 0.499. The molecule has 162 valence electrons. The highest BCUT2D eigenvalue weighted by Crippen LogP contribution is 2.39. The van der Waals surface area contributed by atoms with Gasteiger partial charge in [-0.05, 0) is 47.5 Å². The molecule has 31 heavy (non-hydrogen) atoms. The molecule has 0 radical (unpaired) electrons. The van der Waals surface area contributed by atoms with E-state index in [0.29, 0.717) is 31.0 Å². The first kappa shape index (κ1) is 21.1. The number of sulfone groups is 1. The van der Waals surface area contributed by atoms with E-state index in [0.717, 1.165) is 22.4 Å². The molecule has 1 unspecified atom stereocenters. The maximum atomic E-state index is 13.1. The number of carbonyl (C=O) groups excluding carboxylic acids is 1. The first-order chi connectivity index (χ1) is 14.7. The van der Waals surface area contributed by atoms with Gasteiger partial charge in [0.1, 0.15) is 12.9 Å². The molecule has 1 aliphatic heterocycles. The molecule has 3 aromatic rings. The van der Waals surface area contributed by atoms with Crippen molar-refractivity contribution < 1.29 is 18.3 Å². The second-order valence-corrected chi connectivity index (χ2v) is 9.66. The van der Waals surface area contributed by atoms with Gasteiger partial charge in [-0.15, -0.1) is 4.21 Å². The number of likely N-dealkylation sites (N-methyl/N-ethyl adjacent to an activating group) is 1. The van der Waals surface area contributed by atoms with E-state index in [1.165, 1.54) is 6.26 Å². The lowest BCUT2D eigenvalue weighted by Crippen LogP contribution is -2.31. The Balaban J connectivity index is 1.69. The highest BCUT2D eigenvalue weighted by molar-refractivity contribution is 7.97. The summed E-state index contributed by atoms with van der Waals surface area (Å²) < 4.78 is 31.1. The summed E-state index contributed by atoms with van der Waals surface area (Å²) in [5.41, 5.74) is 3.78. The van der Waals surface area contributed by atoms with Crippen molar-refractivity contribution in [2.24, 2.45) is 7.05 Å². The molecule has 1 amide bonds. The number of fused-ring (bicyclic) bond motifs is 1. The number of carbonyl (C=O) groups is 1. The van der Waals surface area contributed by atoms with Gasteiger partial charge in [0.25, 0.3) is 5.91 Å². The fraction of sp³-hybridized carbons (Fsp3) is 0.273. The van der Waals surface area contributed by atoms with Crippen molar-refractivity contribution in [3.63, 3.8) is 0 Å². The van der Waals surface area contributed by atoms with Gasteiger partial charge < -0.3 is 19.5 Å². The van der Waals surface area contributed by atoms with Crippen LogP contribution in [0.1, 0.15) is 15.9 Å². The molecular weight excluding hydrogens is 416 g/mol. The van der Waals surface area contributed by atoms with Gasteiger partial charge in [0.2, 0.25) is 0 Å². The SMILES string of the molecule is CN1CCOc2c(C(=O)NCc3cnn(C)c3)cc(-c3ccc([S+](C)(=O)[O-])cc3)cc21. The van der Waals surface area contributed by atoms with Crippen LogP contribution in [0.4, 0.5) is 5.69 Å². The van der Waals surface area contributed by atoms with Gasteiger partial charge in [-0.25, -0.2) is 0 Å². The van der Waals surface area contributed by atoms with Crippen LogP contribution >= 0.6 is 0 Å². The summed E-state index contributed by atoms with van der Waals surface area (Å²) in [4.78, 5) is 15.4. The zero-order valence-corrected chi connectivity index (χ0v) is 18.4. The quantitative estimate of drug-likeness (QED) is 0.612. The van der Waals surface area contributed by atoms with Crippen molar-refractivity contribution in [2.75, 3.05) is 31.4 Å². The normalized spacial score (nSPS) is 15.0. The Kier molecular flexibility index (Phi) is 5.55. The third-order valence-electron chi connectivity index (χ3n) is 5.23. The Bertz CT molecular complexity index is 1170. The highest BCUT2D eigenvalue weighted by Gasteiger charge is 2.24. The van der Waals surface area contributed by atoms with Crippen molar-refractivity contribution in [3.05, 3.63) is 59.9 Å². The number of hydrogen-bond acceptors (Lipinski definition) is 6. The Hall–Kier alpha value is -3.17. The number of ether oxygens (including phenoxy) is 1. The van der Waals surface area contributed by atoms with Gasteiger partial charge in [-0.2, -0.15) is 5.10 Å². The van der Waals surface area contributed by atoms with Gasteiger partial charge in [0, 0.05) is 32.4 Å². The molecule has 0 saturated carbocycles. The number of rotatable bonds is 5. The summed E-state index contributed by atoms with van der Waals surface area (Å²) in [6.07, 6.45) is 4.73. The fourth-order valence-electron chi connectivity index (χ4n) is 3.52. The molecule has 0 bridgehead atoms. The minimum Gasteiger partial charge on any atom is -0.610 e. The monoisotopic (exact) mass is 440 g/mol. The topological polar surface area (TPSA) is 99.5 Å². The Labute approximate surface area is 182 Å². The number of aromatic nitrogens is 2. The standard InChI is InChI=1S/C22H24N4O4S/c1-25-8-9-30-21-19(22(27)23-12-15-13-24-26(2)14-15)10-17(11-20(21)25)16-4-6-18(7-5-16)31(3,28)29/h4-7,10-11,13-14H,8-9,12H2,1-3H3,(H-,23,27,28,29). The summed E-state index contributed by atoms with van der Waals surface area (Å²) in [5.74, 6) is 0.305. The number of hydrogen-bond donors (Lipinski definition) is 1. The van der Waals surface area contributed by atoms with Crippen LogP contribution in [0.15, 0.2) is 53.7 Å². The maximum absolute atomic E-state index is 13.1. The molecule has 1 aliphatic rings. The molecule has 1 N–H and O–H groups in total.